The minimum atomic E-state index is -1.33. The third kappa shape index (κ3) is 3.99. The van der Waals surface area contributed by atoms with Crippen molar-refractivity contribution in [2.75, 3.05) is 6.61 Å². The molecule has 2 unspecified atom stereocenters. The quantitative estimate of drug-likeness (QED) is 0.598. The zero-order valence-electron chi connectivity index (χ0n) is 16.5. The summed E-state index contributed by atoms with van der Waals surface area (Å²) in [7, 11) is -1.33. The number of carbonyl (C=O) groups is 1. The van der Waals surface area contributed by atoms with Gasteiger partial charge in [0, 0.05) is 19.2 Å². The zero-order valence-corrected chi connectivity index (χ0v) is 17.6. The Labute approximate surface area is 153 Å². The lowest BCUT2D eigenvalue weighted by Crippen LogP contribution is -2.71. The van der Waals surface area contributed by atoms with E-state index in [0.717, 1.165) is 5.56 Å². The predicted octanol–water partition coefficient (Wildman–Crippen LogP) is 3.20. The molecule has 0 aliphatic carbocycles. The van der Waals surface area contributed by atoms with Crippen molar-refractivity contribution in [1.29, 1.82) is 0 Å². The van der Waals surface area contributed by atoms with E-state index in [1.807, 2.05) is 35.2 Å². The third-order valence-corrected chi connectivity index (χ3v) is 6.48. The summed E-state index contributed by atoms with van der Waals surface area (Å²) in [6.45, 7) is 13.5. The molecular formula is C20H33NO3Si. The molecule has 1 aromatic rings. The second-order valence-corrected chi connectivity index (χ2v) is 10.9. The van der Waals surface area contributed by atoms with E-state index in [1.54, 1.807) is 0 Å². The fraction of sp³-hybridized carbons (Fsp3) is 0.650. The van der Waals surface area contributed by atoms with Crippen molar-refractivity contribution in [3.05, 3.63) is 35.9 Å². The number of hydrogen-bond donors (Lipinski definition) is 1. The first-order valence-corrected chi connectivity index (χ1v) is 12.0. The van der Waals surface area contributed by atoms with E-state index in [1.165, 1.54) is 0 Å². The zero-order chi connectivity index (χ0) is 18.8. The van der Waals surface area contributed by atoms with Gasteiger partial charge in [-0.05, 0) is 37.4 Å². The Balaban J connectivity index is 2.29. The van der Waals surface area contributed by atoms with Gasteiger partial charge in [-0.1, -0.05) is 51.1 Å². The molecule has 3 atom stereocenters. The van der Waals surface area contributed by atoms with Crippen LogP contribution in [0.5, 0.6) is 0 Å². The van der Waals surface area contributed by atoms with Crippen LogP contribution in [0.1, 0.15) is 39.7 Å². The third-order valence-electron chi connectivity index (χ3n) is 5.52. The van der Waals surface area contributed by atoms with Crippen LogP contribution in [0.3, 0.4) is 0 Å². The van der Waals surface area contributed by atoms with Gasteiger partial charge < -0.3 is 14.4 Å². The number of hydrogen-bond acceptors (Lipinski definition) is 3. The van der Waals surface area contributed by atoms with Gasteiger partial charge in [-0.3, -0.25) is 4.79 Å². The average Bonchev–Trinajstić information content (AvgIpc) is 2.51. The van der Waals surface area contributed by atoms with Gasteiger partial charge in [-0.25, -0.2) is 0 Å². The average molecular weight is 364 g/mol. The first-order chi connectivity index (χ1) is 11.6. The molecule has 1 saturated heterocycles. The van der Waals surface area contributed by atoms with Crippen molar-refractivity contribution >= 4 is 14.9 Å². The fourth-order valence-electron chi connectivity index (χ4n) is 3.84. The summed E-state index contributed by atoms with van der Waals surface area (Å²) in [5.41, 5.74) is 0.447. The summed E-state index contributed by atoms with van der Waals surface area (Å²) in [5, 5.41) is 9.57. The highest BCUT2D eigenvalue weighted by Gasteiger charge is 2.60. The van der Waals surface area contributed by atoms with Crippen LogP contribution in [-0.4, -0.2) is 43.2 Å². The second-order valence-electron chi connectivity index (χ2n) is 8.53. The lowest BCUT2D eigenvalue weighted by atomic mass is 9.63. The molecule has 0 spiro atoms. The Kier molecular flexibility index (Phi) is 6.12. The molecular weight excluding hydrogens is 330 g/mol. The van der Waals surface area contributed by atoms with Gasteiger partial charge in [0.15, 0.2) is 9.04 Å². The maximum atomic E-state index is 13.1. The summed E-state index contributed by atoms with van der Waals surface area (Å²) < 4.78 is 6.46. The molecule has 0 aromatic heterocycles. The highest BCUT2D eigenvalue weighted by Crippen LogP contribution is 2.48. The van der Waals surface area contributed by atoms with Gasteiger partial charge in [-0.2, -0.15) is 0 Å². The Morgan fingerprint density at radius 3 is 2.24 bits per heavy atom. The van der Waals surface area contributed by atoms with E-state index in [0.29, 0.717) is 13.0 Å². The Hall–Kier alpha value is -1.17. The van der Waals surface area contributed by atoms with E-state index in [4.69, 9.17) is 4.43 Å². The van der Waals surface area contributed by atoms with Crippen molar-refractivity contribution in [2.45, 2.75) is 65.4 Å². The molecule has 1 aliphatic heterocycles. The summed E-state index contributed by atoms with van der Waals surface area (Å²) in [4.78, 5) is 15.0. The van der Waals surface area contributed by atoms with Crippen LogP contribution >= 0.6 is 0 Å². The van der Waals surface area contributed by atoms with Gasteiger partial charge in [0.2, 0.25) is 5.91 Å². The molecule has 1 aliphatic rings. The number of β-lactam (4-membered cyclic amide) rings is 1. The van der Waals surface area contributed by atoms with Gasteiger partial charge in [0.1, 0.15) is 0 Å². The van der Waals surface area contributed by atoms with E-state index in [-0.39, 0.29) is 29.9 Å². The topological polar surface area (TPSA) is 49.8 Å². The van der Waals surface area contributed by atoms with E-state index < -0.39 is 14.6 Å². The molecule has 25 heavy (non-hydrogen) atoms. The largest absolute Gasteiger partial charge is 0.414 e. The van der Waals surface area contributed by atoms with Crippen LogP contribution in [0.4, 0.5) is 0 Å². The van der Waals surface area contributed by atoms with Crippen molar-refractivity contribution in [3.63, 3.8) is 0 Å². The van der Waals surface area contributed by atoms with Crippen LogP contribution in [-0.2, 0) is 15.8 Å². The first kappa shape index (κ1) is 20.1. The summed E-state index contributed by atoms with van der Waals surface area (Å²) in [5.74, 6) is -0.0485. The van der Waals surface area contributed by atoms with Crippen molar-refractivity contribution in [2.24, 2.45) is 11.3 Å². The van der Waals surface area contributed by atoms with Gasteiger partial charge >= 0.3 is 0 Å². The second kappa shape index (κ2) is 7.60. The van der Waals surface area contributed by atoms with Crippen LogP contribution in [0.25, 0.3) is 0 Å². The van der Waals surface area contributed by atoms with Crippen LogP contribution in [0.15, 0.2) is 30.3 Å². The highest BCUT2D eigenvalue weighted by molar-refractivity contribution is 6.48. The Morgan fingerprint density at radius 2 is 1.76 bits per heavy atom. The number of rotatable bonds is 7. The van der Waals surface area contributed by atoms with Crippen molar-refractivity contribution in [1.82, 2.24) is 4.90 Å². The molecule has 1 aromatic carbocycles. The van der Waals surface area contributed by atoms with Gasteiger partial charge in [0.05, 0.1) is 11.5 Å². The fourth-order valence-corrected chi connectivity index (χ4v) is 5.32. The molecule has 5 heteroatoms. The van der Waals surface area contributed by atoms with Crippen LogP contribution < -0.4 is 0 Å². The predicted molar refractivity (Wildman–Crippen MR) is 104 cm³/mol. The molecule has 1 fully saturated rings. The molecule has 0 saturated carbocycles. The first-order valence-electron chi connectivity index (χ1n) is 9.25. The summed E-state index contributed by atoms with van der Waals surface area (Å²) >= 11 is 0. The minimum Gasteiger partial charge on any atom is -0.414 e. The lowest BCUT2D eigenvalue weighted by molar-refractivity contribution is -0.188. The highest BCUT2D eigenvalue weighted by atomic mass is 28.3. The number of carbonyl (C=O) groups excluding carboxylic acids is 1. The maximum absolute atomic E-state index is 13.1. The van der Waals surface area contributed by atoms with Gasteiger partial charge in [0.25, 0.3) is 0 Å². The maximum Gasteiger partial charge on any atom is 0.231 e. The Bertz CT molecular complexity index is 584. The molecule has 2 rings (SSSR count). The van der Waals surface area contributed by atoms with Crippen LogP contribution in [0, 0.1) is 11.3 Å². The summed E-state index contributed by atoms with van der Waals surface area (Å²) in [6, 6.07) is 10.1. The van der Waals surface area contributed by atoms with Crippen molar-refractivity contribution < 1.29 is 14.3 Å². The van der Waals surface area contributed by atoms with E-state index in [2.05, 4.69) is 40.8 Å². The Morgan fingerprint density at radius 1 is 1.16 bits per heavy atom. The number of amides is 1. The smallest absolute Gasteiger partial charge is 0.231 e. The number of aliphatic hydroxyl groups excluding tert-OH is 1. The molecule has 4 nitrogen and oxygen atoms in total. The number of benzene rings is 1. The standard InChI is InChI=1S/C20H33NO3Si/c1-19(2,3)20(4,24-25(5)6)17-16(12-13-22)21(18(17)23)14-15-10-8-7-9-11-15/h7-11,16-17,22,25H,12-14H2,1-6H3/t16?,17?,20-/m0/s1. The molecule has 1 amide bonds. The summed E-state index contributed by atoms with van der Waals surface area (Å²) in [6.07, 6.45) is 0.595. The van der Waals surface area contributed by atoms with Gasteiger partial charge in [-0.15, -0.1) is 0 Å². The number of aliphatic hydroxyl groups is 1. The molecule has 0 radical (unpaired) electrons. The minimum absolute atomic E-state index is 0.0229. The SMILES string of the molecule is C[SiH](C)O[C@@](C)(C1C(=O)N(Cc2ccccc2)C1CCO)C(C)(C)C. The monoisotopic (exact) mass is 363 g/mol. The van der Waals surface area contributed by atoms with E-state index >= 15 is 0 Å². The normalized spacial score (nSPS) is 23.5. The molecule has 1 heterocycles. The number of nitrogens with zero attached hydrogens (tertiary/aromatic N) is 1. The molecule has 140 valence electrons. The molecule has 0 bridgehead atoms. The number of likely N-dealkylation sites (tertiary alicyclic amines) is 1. The molecule has 1 N–H and O–H groups in total. The lowest BCUT2D eigenvalue weighted by Gasteiger charge is -2.58. The van der Waals surface area contributed by atoms with E-state index in [9.17, 15) is 9.90 Å². The van der Waals surface area contributed by atoms with Crippen molar-refractivity contribution in [3.8, 4) is 0 Å². The van der Waals surface area contributed by atoms with Crippen LogP contribution in [0.2, 0.25) is 13.1 Å².